The summed E-state index contributed by atoms with van der Waals surface area (Å²) in [6, 6.07) is 1.85. The molecule has 0 saturated carbocycles. The summed E-state index contributed by atoms with van der Waals surface area (Å²) in [5, 5.41) is 7.02. The van der Waals surface area contributed by atoms with E-state index in [-0.39, 0.29) is 11.9 Å². The number of amides is 1. The maximum Gasteiger partial charge on any atom is 0.290 e. The van der Waals surface area contributed by atoms with Gasteiger partial charge in [0, 0.05) is 37.2 Å². The third kappa shape index (κ3) is 2.91. The van der Waals surface area contributed by atoms with E-state index in [1.807, 2.05) is 13.1 Å². The minimum absolute atomic E-state index is 0.103. The van der Waals surface area contributed by atoms with Gasteiger partial charge in [-0.1, -0.05) is 19.0 Å². The number of carbonyl (C=O) groups excluding carboxylic acids is 1. The molecule has 1 N–H and O–H groups in total. The zero-order valence-electron chi connectivity index (χ0n) is 13.3. The second-order valence-corrected chi connectivity index (χ2v) is 6.09. The molecule has 0 fully saturated rings. The predicted molar refractivity (Wildman–Crippen MR) is 81.7 cm³/mol. The fourth-order valence-corrected chi connectivity index (χ4v) is 2.80. The fraction of sp³-hybridized carbons (Fsp3) is 0.562. The Labute approximate surface area is 129 Å². The monoisotopic (exact) mass is 302 g/mol. The Kier molecular flexibility index (Phi) is 4.00. The fourth-order valence-electron chi connectivity index (χ4n) is 2.80. The number of hydrogen-bond acceptors (Lipinski definition) is 4. The van der Waals surface area contributed by atoms with Crippen LogP contribution in [-0.2, 0) is 13.0 Å². The lowest BCUT2D eigenvalue weighted by Crippen LogP contribution is -2.40. The summed E-state index contributed by atoms with van der Waals surface area (Å²) in [4.78, 5) is 16.8. The molecule has 22 heavy (non-hydrogen) atoms. The molecule has 1 aliphatic heterocycles. The molecule has 118 valence electrons. The van der Waals surface area contributed by atoms with Crippen molar-refractivity contribution in [3.05, 3.63) is 35.2 Å². The van der Waals surface area contributed by atoms with E-state index in [9.17, 15) is 4.79 Å². The molecule has 6 nitrogen and oxygen atoms in total. The number of hydrogen-bond donors (Lipinski definition) is 1. The van der Waals surface area contributed by atoms with Crippen LogP contribution in [0, 0.1) is 6.92 Å². The number of carbonyl (C=O) groups is 1. The van der Waals surface area contributed by atoms with Crippen molar-refractivity contribution in [2.45, 2.75) is 58.5 Å². The van der Waals surface area contributed by atoms with E-state index in [1.165, 1.54) is 0 Å². The molecular formula is C16H22N4O2. The quantitative estimate of drug-likeness (QED) is 0.941. The summed E-state index contributed by atoms with van der Waals surface area (Å²) >= 11 is 0. The van der Waals surface area contributed by atoms with Gasteiger partial charge >= 0.3 is 0 Å². The molecule has 1 amide bonds. The van der Waals surface area contributed by atoms with Gasteiger partial charge in [-0.15, -0.1) is 0 Å². The van der Waals surface area contributed by atoms with Crippen LogP contribution in [0.1, 0.15) is 60.4 Å². The standard InChI is InChI=1S/C16H22N4O2/c1-4-10(2)13-7-14(22-19-13)16(21)18-12-5-6-15-17-11(3)8-20(15)9-12/h7-8,10,12H,4-6,9H2,1-3H3,(H,18,21)/t10-,12-/m1/s1. The van der Waals surface area contributed by atoms with Gasteiger partial charge in [-0.25, -0.2) is 4.98 Å². The largest absolute Gasteiger partial charge is 0.351 e. The van der Waals surface area contributed by atoms with Crippen molar-refractivity contribution in [2.75, 3.05) is 0 Å². The van der Waals surface area contributed by atoms with Crippen LogP contribution in [0.2, 0.25) is 0 Å². The van der Waals surface area contributed by atoms with Crippen molar-refractivity contribution < 1.29 is 9.32 Å². The lowest BCUT2D eigenvalue weighted by Gasteiger charge is -2.24. The van der Waals surface area contributed by atoms with Gasteiger partial charge in [0.25, 0.3) is 5.91 Å². The summed E-state index contributed by atoms with van der Waals surface area (Å²) in [7, 11) is 0. The van der Waals surface area contributed by atoms with Gasteiger partial charge in [-0.2, -0.15) is 0 Å². The van der Waals surface area contributed by atoms with E-state index in [0.717, 1.165) is 43.0 Å². The molecule has 6 heteroatoms. The first-order chi connectivity index (χ1) is 10.6. The number of rotatable bonds is 4. The van der Waals surface area contributed by atoms with Gasteiger partial charge < -0.3 is 14.4 Å². The summed E-state index contributed by atoms with van der Waals surface area (Å²) in [5.74, 6) is 1.51. The van der Waals surface area contributed by atoms with Crippen molar-refractivity contribution in [3.63, 3.8) is 0 Å². The molecule has 1 aliphatic rings. The molecule has 0 saturated heterocycles. The molecule has 2 aromatic rings. The molecule has 0 aromatic carbocycles. The summed E-state index contributed by atoms with van der Waals surface area (Å²) < 4.78 is 7.30. The normalized spacial score (nSPS) is 18.8. The Bertz CT molecular complexity index is 673. The SMILES string of the molecule is CC[C@@H](C)c1cc(C(=O)N[C@@H]2CCc3nc(C)cn3C2)on1. The van der Waals surface area contributed by atoms with Gasteiger partial charge in [0.05, 0.1) is 11.4 Å². The number of aromatic nitrogens is 3. The van der Waals surface area contributed by atoms with E-state index in [2.05, 4.69) is 33.9 Å². The van der Waals surface area contributed by atoms with Gasteiger partial charge in [0.2, 0.25) is 5.76 Å². The van der Waals surface area contributed by atoms with Crippen LogP contribution in [0.4, 0.5) is 0 Å². The van der Waals surface area contributed by atoms with Crippen LogP contribution in [0.25, 0.3) is 0 Å². The Morgan fingerprint density at radius 3 is 3.18 bits per heavy atom. The Hall–Kier alpha value is -2.11. The lowest BCUT2D eigenvalue weighted by atomic mass is 10.0. The number of fused-ring (bicyclic) bond motifs is 1. The maximum absolute atomic E-state index is 12.3. The topological polar surface area (TPSA) is 73.0 Å². The maximum atomic E-state index is 12.3. The highest BCUT2D eigenvalue weighted by Crippen LogP contribution is 2.19. The summed E-state index contributed by atoms with van der Waals surface area (Å²) in [5.41, 5.74) is 1.86. The van der Waals surface area contributed by atoms with Crippen molar-refractivity contribution >= 4 is 5.91 Å². The summed E-state index contributed by atoms with van der Waals surface area (Å²) in [6.45, 7) is 6.91. The van der Waals surface area contributed by atoms with Gasteiger partial charge in [0.15, 0.2) is 0 Å². The highest BCUT2D eigenvalue weighted by molar-refractivity contribution is 5.91. The minimum atomic E-state index is -0.188. The molecule has 2 aromatic heterocycles. The molecular weight excluding hydrogens is 280 g/mol. The number of nitrogens with one attached hydrogen (secondary N) is 1. The van der Waals surface area contributed by atoms with Gasteiger partial charge in [-0.05, 0) is 19.8 Å². The average Bonchev–Trinajstić information content (AvgIpc) is 3.11. The van der Waals surface area contributed by atoms with Crippen LogP contribution in [0.15, 0.2) is 16.8 Å². The molecule has 0 unspecified atom stereocenters. The first kappa shape index (κ1) is 14.8. The lowest BCUT2D eigenvalue weighted by molar-refractivity contribution is 0.0890. The number of imidazole rings is 1. The van der Waals surface area contributed by atoms with Crippen LogP contribution < -0.4 is 5.32 Å². The average molecular weight is 302 g/mol. The van der Waals surface area contributed by atoms with Crippen molar-refractivity contribution in [2.24, 2.45) is 0 Å². The Morgan fingerprint density at radius 1 is 1.59 bits per heavy atom. The zero-order valence-corrected chi connectivity index (χ0v) is 13.3. The Balaban J connectivity index is 1.64. The van der Waals surface area contributed by atoms with E-state index >= 15 is 0 Å². The highest BCUT2D eigenvalue weighted by Gasteiger charge is 2.23. The first-order valence-electron chi connectivity index (χ1n) is 7.87. The highest BCUT2D eigenvalue weighted by atomic mass is 16.5. The third-order valence-electron chi connectivity index (χ3n) is 4.32. The zero-order chi connectivity index (χ0) is 15.7. The van der Waals surface area contributed by atoms with Crippen molar-refractivity contribution in [1.82, 2.24) is 20.0 Å². The molecule has 3 rings (SSSR count). The second-order valence-electron chi connectivity index (χ2n) is 6.09. The van der Waals surface area contributed by atoms with E-state index in [4.69, 9.17) is 4.52 Å². The predicted octanol–water partition coefficient (Wildman–Crippen LogP) is 2.44. The minimum Gasteiger partial charge on any atom is -0.351 e. The molecule has 3 heterocycles. The first-order valence-corrected chi connectivity index (χ1v) is 7.87. The smallest absolute Gasteiger partial charge is 0.290 e. The number of aryl methyl sites for hydroxylation is 2. The van der Waals surface area contributed by atoms with Crippen LogP contribution >= 0.6 is 0 Å². The summed E-state index contributed by atoms with van der Waals surface area (Å²) in [6.07, 6.45) is 4.78. The Morgan fingerprint density at radius 2 is 2.41 bits per heavy atom. The van der Waals surface area contributed by atoms with Crippen LogP contribution in [0.3, 0.4) is 0 Å². The van der Waals surface area contributed by atoms with Crippen molar-refractivity contribution in [1.29, 1.82) is 0 Å². The molecule has 2 atom stereocenters. The third-order valence-corrected chi connectivity index (χ3v) is 4.32. The molecule has 0 aliphatic carbocycles. The van der Waals surface area contributed by atoms with E-state index in [0.29, 0.717) is 11.7 Å². The van der Waals surface area contributed by atoms with Gasteiger partial charge in [-0.3, -0.25) is 4.79 Å². The number of nitrogens with zero attached hydrogens (tertiary/aromatic N) is 3. The van der Waals surface area contributed by atoms with Crippen LogP contribution in [-0.4, -0.2) is 26.7 Å². The molecule has 0 bridgehead atoms. The van der Waals surface area contributed by atoms with E-state index in [1.54, 1.807) is 6.07 Å². The molecule has 0 radical (unpaired) electrons. The second kappa shape index (κ2) is 5.94. The van der Waals surface area contributed by atoms with Crippen molar-refractivity contribution in [3.8, 4) is 0 Å². The van der Waals surface area contributed by atoms with Gasteiger partial charge in [0.1, 0.15) is 5.82 Å². The van der Waals surface area contributed by atoms with Crippen LogP contribution in [0.5, 0.6) is 0 Å². The van der Waals surface area contributed by atoms with E-state index < -0.39 is 0 Å². The molecule has 0 spiro atoms.